The quantitative estimate of drug-likeness (QED) is 0.223. The second kappa shape index (κ2) is 11.2. The van der Waals surface area contributed by atoms with Crippen LogP contribution < -0.4 is 0 Å². The van der Waals surface area contributed by atoms with Gasteiger partial charge in [0, 0.05) is 22.3 Å². The van der Waals surface area contributed by atoms with Gasteiger partial charge in [-0.05, 0) is 81.2 Å². The highest BCUT2D eigenvalue weighted by Crippen LogP contribution is 2.30. The molecule has 6 aromatic carbocycles. The van der Waals surface area contributed by atoms with E-state index in [-0.39, 0.29) is 11.1 Å². The average Bonchev–Trinajstić information content (AvgIpc) is 3.02. The zero-order chi connectivity index (χ0) is 29.1. The van der Waals surface area contributed by atoms with Crippen LogP contribution in [0.2, 0.25) is 0 Å². The van der Waals surface area contributed by atoms with Gasteiger partial charge in [-0.1, -0.05) is 96.5 Å². The number of hydrogen-bond donors (Lipinski definition) is 2. The third kappa shape index (κ3) is 5.21. The molecule has 0 aromatic heterocycles. The number of fused-ring (bicyclic) bond motifs is 2. The van der Waals surface area contributed by atoms with Gasteiger partial charge in [0.1, 0.15) is 0 Å². The van der Waals surface area contributed by atoms with Crippen molar-refractivity contribution in [1.82, 2.24) is 0 Å². The van der Waals surface area contributed by atoms with Crippen molar-refractivity contribution >= 4 is 33.5 Å². The Morgan fingerprint density at radius 2 is 0.810 bits per heavy atom. The van der Waals surface area contributed by atoms with E-state index in [2.05, 4.69) is 23.7 Å². The molecule has 0 spiro atoms. The van der Waals surface area contributed by atoms with Gasteiger partial charge in [-0.25, -0.2) is 9.59 Å². The predicted molar refractivity (Wildman–Crippen MR) is 166 cm³/mol. The van der Waals surface area contributed by atoms with Crippen molar-refractivity contribution in [2.75, 3.05) is 0 Å². The van der Waals surface area contributed by atoms with Crippen molar-refractivity contribution in [3.05, 3.63) is 155 Å². The molecule has 2 N–H and O–H groups in total. The lowest BCUT2D eigenvalue weighted by Gasteiger charge is -2.11. The van der Waals surface area contributed by atoms with E-state index in [9.17, 15) is 19.8 Å². The Morgan fingerprint density at radius 3 is 1.24 bits per heavy atom. The van der Waals surface area contributed by atoms with Crippen LogP contribution in [0, 0.1) is 23.7 Å². The van der Waals surface area contributed by atoms with Crippen molar-refractivity contribution < 1.29 is 19.8 Å². The minimum Gasteiger partial charge on any atom is -0.478 e. The first-order valence-corrected chi connectivity index (χ1v) is 13.2. The lowest BCUT2D eigenvalue weighted by atomic mass is 9.92. The third-order valence-corrected chi connectivity index (χ3v) is 7.07. The Morgan fingerprint density at radius 1 is 0.429 bits per heavy atom. The molecule has 0 bridgehead atoms. The third-order valence-electron chi connectivity index (χ3n) is 7.07. The summed E-state index contributed by atoms with van der Waals surface area (Å²) in [6.07, 6.45) is 0. The van der Waals surface area contributed by atoms with Gasteiger partial charge in [0.25, 0.3) is 0 Å². The molecule has 0 heterocycles. The lowest BCUT2D eigenvalue weighted by Crippen LogP contribution is -2.01. The molecule has 0 amide bonds. The number of hydrogen-bond acceptors (Lipinski definition) is 2. The molecule has 0 aliphatic rings. The molecular weight excluding hydrogens is 520 g/mol. The molecule has 0 fully saturated rings. The topological polar surface area (TPSA) is 74.6 Å². The first-order valence-electron chi connectivity index (χ1n) is 13.2. The molecule has 6 aromatic rings. The Hall–Kier alpha value is -6.10. The maximum atomic E-state index is 12.0. The van der Waals surface area contributed by atoms with Crippen LogP contribution in [0.5, 0.6) is 0 Å². The minimum atomic E-state index is -1.09. The molecule has 0 unspecified atom stereocenters. The highest BCUT2D eigenvalue weighted by atomic mass is 16.4. The van der Waals surface area contributed by atoms with Crippen LogP contribution in [-0.4, -0.2) is 22.2 Å². The summed E-state index contributed by atoms with van der Waals surface area (Å²) in [5.74, 6) is 10.7. The van der Waals surface area contributed by atoms with E-state index in [1.54, 1.807) is 12.1 Å². The van der Waals surface area contributed by atoms with Crippen molar-refractivity contribution in [3.8, 4) is 34.8 Å². The number of carboxylic acids is 2. The molecule has 6 rings (SSSR count). The Kier molecular flexibility index (Phi) is 6.96. The van der Waals surface area contributed by atoms with Crippen molar-refractivity contribution in [3.63, 3.8) is 0 Å². The summed E-state index contributed by atoms with van der Waals surface area (Å²) in [6.45, 7) is 0. The van der Waals surface area contributed by atoms with Crippen LogP contribution in [-0.2, 0) is 0 Å². The summed E-state index contributed by atoms with van der Waals surface area (Å²) in [5, 5.41) is 23.7. The molecule has 0 saturated carbocycles. The van der Waals surface area contributed by atoms with Crippen LogP contribution in [0.1, 0.15) is 43.0 Å². The van der Waals surface area contributed by atoms with E-state index >= 15 is 0 Å². The number of rotatable bonds is 3. The molecule has 198 valence electrons. The largest absolute Gasteiger partial charge is 0.478 e. The first kappa shape index (κ1) is 26.1. The summed E-state index contributed by atoms with van der Waals surface area (Å²) in [4.78, 5) is 23.9. The van der Waals surface area contributed by atoms with Crippen molar-refractivity contribution in [2.24, 2.45) is 0 Å². The number of aromatic carboxylic acids is 2. The fraction of sp³-hybridized carbons (Fsp3) is 0. The number of benzene rings is 6. The van der Waals surface area contributed by atoms with E-state index in [1.807, 2.05) is 84.9 Å². The highest BCUT2D eigenvalue weighted by molar-refractivity contribution is 5.95. The Bertz CT molecular complexity index is 2000. The Balaban J connectivity index is 1.55. The normalized spacial score (nSPS) is 10.4. The van der Waals surface area contributed by atoms with Gasteiger partial charge in [0.15, 0.2) is 0 Å². The summed E-state index contributed by atoms with van der Waals surface area (Å²) in [7, 11) is 0. The molecular formula is C38H22O4. The van der Waals surface area contributed by atoms with E-state index in [0.29, 0.717) is 22.3 Å². The molecule has 0 atom stereocenters. The van der Waals surface area contributed by atoms with E-state index in [4.69, 9.17) is 0 Å². The van der Waals surface area contributed by atoms with Gasteiger partial charge >= 0.3 is 11.9 Å². The Labute approximate surface area is 242 Å². The summed E-state index contributed by atoms with van der Waals surface area (Å²) in [5.41, 5.74) is 3.89. The fourth-order valence-corrected chi connectivity index (χ4v) is 4.96. The average molecular weight is 543 g/mol. The maximum Gasteiger partial charge on any atom is 0.335 e. The number of carbonyl (C=O) groups is 2. The molecule has 4 heteroatoms. The van der Waals surface area contributed by atoms with Gasteiger partial charge in [-0.15, -0.1) is 0 Å². The monoisotopic (exact) mass is 542 g/mol. The molecule has 42 heavy (non-hydrogen) atoms. The van der Waals surface area contributed by atoms with Crippen LogP contribution in [0.3, 0.4) is 0 Å². The molecule has 0 aliphatic heterocycles. The zero-order valence-electron chi connectivity index (χ0n) is 22.3. The second-order valence-corrected chi connectivity index (χ2v) is 9.68. The molecule has 4 nitrogen and oxygen atoms in total. The molecule has 0 aliphatic carbocycles. The van der Waals surface area contributed by atoms with Gasteiger partial charge in [0.2, 0.25) is 0 Å². The van der Waals surface area contributed by atoms with Gasteiger partial charge in [-0.2, -0.15) is 0 Å². The summed E-state index contributed by atoms with van der Waals surface area (Å²) >= 11 is 0. The van der Waals surface area contributed by atoms with Crippen molar-refractivity contribution in [2.45, 2.75) is 0 Å². The first-order chi connectivity index (χ1) is 20.5. The summed E-state index contributed by atoms with van der Waals surface area (Å²) in [6, 6.07) is 37.1. The molecule has 0 saturated heterocycles. The zero-order valence-corrected chi connectivity index (χ0v) is 22.3. The molecule has 0 radical (unpaired) electrons. The van der Waals surface area contributed by atoms with Crippen LogP contribution in [0.15, 0.2) is 121 Å². The smallest absolute Gasteiger partial charge is 0.335 e. The van der Waals surface area contributed by atoms with Crippen LogP contribution in [0.25, 0.3) is 32.7 Å². The van der Waals surface area contributed by atoms with Gasteiger partial charge < -0.3 is 10.2 Å². The highest BCUT2D eigenvalue weighted by Gasteiger charge is 2.15. The van der Waals surface area contributed by atoms with Gasteiger partial charge in [-0.3, -0.25) is 0 Å². The SMILES string of the molecule is O=C(O)c1ccc(C#Cc2cccc3ccccc23)c(-c2cc(C(=O)O)ccc2C#Cc2cccc3ccccc23)c1. The number of carboxylic acid groups (broad SMARTS) is 2. The lowest BCUT2D eigenvalue weighted by molar-refractivity contribution is 0.0686. The van der Waals surface area contributed by atoms with Crippen molar-refractivity contribution in [1.29, 1.82) is 0 Å². The predicted octanol–water partition coefficient (Wildman–Crippen LogP) is 7.86. The second-order valence-electron chi connectivity index (χ2n) is 9.68. The maximum absolute atomic E-state index is 12.0. The van der Waals surface area contributed by atoms with Crippen LogP contribution >= 0.6 is 0 Å². The standard InChI is InChI=1S/C38H22O4/c39-37(40)31-21-19-29(17-15-27-11-5-9-25-7-1-3-13-33(25)27)35(23-31)36-24-32(38(41)42)22-20-30(36)18-16-28-12-6-10-26-8-2-4-14-34(26)28/h1-14,19-24H,(H,39,40)(H,41,42). The minimum absolute atomic E-state index is 0.0643. The van der Waals surface area contributed by atoms with E-state index in [0.717, 1.165) is 32.7 Å². The van der Waals surface area contributed by atoms with Crippen LogP contribution in [0.4, 0.5) is 0 Å². The van der Waals surface area contributed by atoms with Gasteiger partial charge in [0.05, 0.1) is 11.1 Å². The fourth-order valence-electron chi connectivity index (χ4n) is 4.96. The summed E-state index contributed by atoms with van der Waals surface area (Å²) < 4.78 is 0. The van der Waals surface area contributed by atoms with E-state index in [1.165, 1.54) is 24.3 Å². The van der Waals surface area contributed by atoms with E-state index < -0.39 is 11.9 Å².